The van der Waals surface area contributed by atoms with Crippen LogP contribution in [0.15, 0.2) is 0 Å². The van der Waals surface area contributed by atoms with Crippen molar-refractivity contribution in [1.29, 1.82) is 0 Å². The van der Waals surface area contributed by atoms with Gasteiger partial charge >= 0.3 is 0 Å². The standard InChI is InChI=1S/C14H30N2/c1-4-12-7-5-6-8-14(12)16-10-13(9-15)11(2)3/h11-14,16H,4-10,15H2,1-3H3. The molecule has 0 radical (unpaired) electrons. The van der Waals surface area contributed by atoms with E-state index in [-0.39, 0.29) is 0 Å². The normalized spacial score (nSPS) is 28.3. The Morgan fingerprint density at radius 2 is 1.94 bits per heavy atom. The highest BCUT2D eigenvalue weighted by atomic mass is 14.9. The molecule has 0 aromatic rings. The van der Waals surface area contributed by atoms with Crippen molar-refractivity contribution in [2.45, 2.75) is 58.9 Å². The van der Waals surface area contributed by atoms with Crippen LogP contribution in [-0.2, 0) is 0 Å². The van der Waals surface area contributed by atoms with E-state index in [1.165, 1.54) is 32.1 Å². The molecule has 1 fully saturated rings. The van der Waals surface area contributed by atoms with Crippen LogP contribution >= 0.6 is 0 Å². The zero-order valence-electron chi connectivity index (χ0n) is 11.3. The summed E-state index contributed by atoms with van der Waals surface area (Å²) in [5, 5.41) is 3.77. The van der Waals surface area contributed by atoms with E-state index in [9.17, 15) is 0 Å². The highest BCUT2D eigenvalue weighted by Gasteiger charge is 2.24. The molecule has 1 saturated carbocycles. The van der Waals surface area contributed by atoms with Gasteiger partial charge in [0.15, 0.2) is 0 Å². The average Bonchev–Trinajstić information content (AvgIpc) is 2.30. The summed E-state index contributed by atoms with van der Waals surface area (Å²) in [5.41, 5.74) is 5.82. The third-order valence-corrected chi connectivity index (χ3v) is 4.32. The van der Waals surface area contributed by atoms with Gasteiger partial charge in [-0.25, -0.2) is 0 Å². The number of nitrogens with one attached hydrogen (secondary N) is 1. The molecule has 0 saturated heterocycles. The molecule has 0 aromatic heterocycles. The minimum absolute atomic E-state index is 0.638. The fourth-order valence-electron chi connectivity index (χ4n) is 2.86. The summed E-state index contributed by atoms with van der Waals surface area (Å²) in [7, 11) is 0. The molecule has 1 rings (SSSR count). The first-order valence-electron chi connectivity index (χ1n) is 7.12. The monoisotopic (exact) mass is 226 g/mol. The second-order valence-corrected chi connectivity index (χ2v) is 5.71. The second-order valence-electron chi connectivity index (χ2n) is 5.71. The Morgan fingerprint density at radius 3 is 2.50 bits per heavy atom. The summed E-state index contributed by atoms with van der Waals surface area (Å²) in [4.78, 5) is 0. The molecule has 3 atom stereocenters. The minimum Gasteiger partial charge on any atom is -0.330 e. The first kappa shape index (κ1) is 14.0. The number of rotatable bonds is 6. The average molecular weight is 226 g/mol. The third kappa shape index (κ3) is 4.06. The van der Waals surface area contributed by atoms with E-state index >= 15 is 0 Å². The molecule has 1 aliphatic rings. The van der Waals surface area contributed by atoms with Gasteiger partial charge in [-0.3, -0.25) is 0 Å². The van der Waals surface area contributed by atoms with Crippen LogP contribution in [0.4, 0.5) is 0 Å². The van der Waals surface area contributed by atoms with Gasteiger partial charge < -0.3 is 11.1 Å². The number of nitrogens with two attached hydrogens (primary N) is 1. The van der Waals surface area contributed by atoms with Crippen molar-refractivity contribution in [3.63, 3.8) is 0 Å². The maximum Gasteiger partial charge on any atom is 0.00953 e. The van der Waals surface area contributed by atoms with Gasteiger partial charge in [0.2, 0.25) is 0 Å². The number of hydrogen-bond donors (Lipinski definition) is 2. The smallest absolute Gasteiger partial charge is 0.00953 e. The van der Waals surface area contributed by atoms with Gasteiger partial charge in [-0.1, -0.05) is 40.0 Å². The minimum atomic E-state index is 0.638. The molecule has 3 unspecified atom stereocenters. The van der Waals surface area contributed by atoms with Gasteiger partial charge in [0.05, 0.1) is 0 Å². The van der Waals surface area contributed by atoms with Crippen molar-refractivity contribution in [1.82, 2.24) is 5.32 Å². The van der Waals surface area contributed by atoms with Crippen LogP contribution in [0.1, 0.15) is 52.9 Å². The van der Waals surface area contributed by atoms with E-state index in [1.807, 2.05) is 0 Å². The molecule has 0 aliphatic heterocycles. The van der Waals surface area contributed by atoms with Crippen LogP contribution in [0.2, 0.25) is 0 Å². The van der Waals surface area contributed by atoms with Crippen molar-refractivity contribution < 1.29 is 0 Å². The van der Waals surface area contributed by atoms with Crippen LogP contribution in [0.3, 0.4) is 0 Å². The molecule has 0 bridgehead atoms. The molecule has 3 N–H and O–H groups in total. The summed E-state index contributed by atoms with van der Waals surface area (Å²) < 4.78 is 0. The molecular formula is C14H30N2. The number of hydrogen-bond acceptors (Lipinski definition) is 2. The Bertz CT molecular complexity index is 180. The fraction of sp³-hybridized carbons (Fsp3) is 1.00. The second kappa shape index (κ2) is 7.29. The quantitative estimate of drug-likeness (QED) is 0.731. The van der Waals surface area contributed by atoms with E-state index < -0.39 is 0 Å². The largest absolute Gasteiger partial charge is 0.330 e. The molecule has 2 nitrogen and oxygen atoms in total. The SMILES string of the molecule is CCC1CCCCC1NCC(CN)C(C)C. The van der Waals surface area contributed by atoms with Crippen LogP contribution in [0, 0.1) is 17.8 Å². The molecule has 1 aliphatic carbocycles. The lowest BCUT2D eigenvalue weighted by Gasteiger charge is -2.33. The third-order valence-electron chi connectivity index (χ3n) is 4.32. The predicted molar refractivity (Wildman–Crippen MR) is 71.4 cm³/mol. The molecule has 0 heterocycles. The van der Waals surface area contributed by atoms with E-state index in [1.54, 1.807) is 0 Å². The van der Waals surface area contributed by atoms with Gasteiger partial charge in [0.25, 0.3) is 0 Å². The van der Waals surface area contributed by atoms with Crippen LogP contribution in [-0.4, -0.2) is 19.1 Å². The van der Waals surface area contributed by atoms with Crippen molar-refractivity contribution in [2.24, 2.45) is 23.5 Å². The Balaban J connectivity index is 2.34. The highest BCUT2D eigenvalue weighted by Crippen LogP contribution is 2.27. The summed E-state index contributed by atoms with van der Waals surface area (Å²) in [6, 6.07) is 0.756. The molecule has 0 amide bonds. The summed E-state index contributed by atoms with van der Waals surface area (Å²) >= 11 is 0. The van der Waals surface area contributed by atoms with Gasteiger partial charge in [-0.05, 0) is 43.7 Å². The Morgan fingerprint density at radius 1 is 1.25 bits per heavy atom. The van der Waals surface area contributed by atoms with Gasteiger partial charge in [-0.2, -0.15) is 0 Å². The maximum absolute atomic E-state index is 5.82. The topological polar surface area (TPSA) is 38.0 Å². The molecule has 16 heavy (non-hydrogen) atoms. The van der Waals surface area contributed by atoms with E-state index in [0.29, 0.717) is 11.8 Å². The van der Waals surface area contributed by atoms with Gasteiger partial charge in [-0.15, -0.1) is 0 Å². The molecular weight excluding hydrogens is 196 g/mol. The zero-order valence-corrected chi connectivity index (χ0v) is 11.3. The van der Waals surface area contributed by atoms with Gasteiger partial charge in [0.1, 0.15) is 0 Å². The summed E-state index contributed by atoms with van der Waals surface area (Å²) in [6.07, 6.45) is 6.95. The van der Waals surface area contributed by atoms with Crippen molar-refractivity contribution in [3.05, 3.63) is 0 Å². The van der Waals surface area contributed by atoms with Gasteiger partial charge in [0, 0.05) is 6.04 Å². The highest BCUT2D eigenvalue weighted by molar-refractivity contribution is 4.81. The molecule has 0 spiro atoms. The first-order valence-corrected chi connectivity index (χ1v) is 7.12. The van der Waals surface area contributed by atoms with Crippen molar-refractivity contribution in [2.75, 3.05) is 13.1 Å². The molecule has 2 heteroatoms. The lowest BCUT2D eigenvalue weighted by Crippen LogP contribution is -2.43. The van der Waals surface area contributed by atoms with Crippen LogP contribution < -0.4 is 11.1 Å². The summed E-state index contributed by atoms with van der Waals surface area (Å²) in [5.74, 6) is 2.24. The molecule has 96 valence electrons. The Kier molecular flexibility index (Phi) is 6.37. The van der Waals surface area contributed by atoms with E-state index in [2.05, 4.69) is 26.1 Å². The van der Waals surface area contributed by atoms with Crippen LogP contribution in [0.25, 0.3) is 0 Å². The first-order chi connectivity index (χ1) is 7.69. The fourth-order valence-corrected chi connectivity index (χ4v) is 2.86. The van der Waals surface area contributed by atoms with Crippen molar-refractivity contribution >= 4 is 0 Å². The summed E-state index contributed by atoms with van der Waals surface area (Å²) in [6.45, 7) is 8.80. The van der Waals surface area contributed by atoms with E-state index in [0.717, 1.165) is 25.0 Å². The Labute approximate surface area is 101 Å². The Hall–Kier alpha value is -0.0800. The zero-order chi connectivity index (χ0) is 12.0. The lowest BCUT2D eigenvalue weighted by molar-refractivity contribution is 0.236. The molecule has 0 aromatic carbocycles. The van der Waals surface area contributed by atoms with Crippen LogP contribution in [0.5, 0.6) is 0 Å². The maximum atomic E-state index is 5.82. The predicted octanol–water partition coefficient (Wildman–Crippen LogP) is 2.78. The van der Waals surface area contributed by atoms with Crippen molar-refractivity contribution in [3.8, 4) is 0 Å². The van der Waals surface area contributed by atoms with E-state index in [4.69, 9.17) is 5.73 Å². The lowest BCUT2D eigenvalue weighted by atomic mass is 9.82.